The van der Waals surface area contributed by atoms with Crippen molar-refractivity contribution in [2.45, 2.75) is 131 Å². The van der Waals surface area contributed by atoms with Gasteiger partial charge in [0.05, 0.1) is 6.10 Å². The van der Waals surface area contributed by atoms with Crippen LogP contribution < -0.4 is 5.32 Å². The maximum atomic E-state index is 14.4. The number of aliphatic hydroxyl groups excluding tert-OH is 1. The number of carbonyl (C=O) groups is 2. The zero-order valence-corrected chi connectivity index (χ0v) is 24.5. The fraction of sp³-hybridized carbons (Fsp3) is 0.879. The Kier molecular flexibility index (Phi) is 5.45. The van der Waals surface area contributed by atoms with Crippen molar-refractivity contribution in [1.82, 2.24) is 5.32 Å². The molecule has 6 aliphatic rings. The van der Waals surface area contributed by atoms with Crippen LogP contribution in [0.5, 0.6) is 0 Å². The molecule has 0 aromatic carbocycles. The molecule has 6 rings (SSSR count). The van der Waals surface area contributed by atoms with E-state index in [0.29, 0.717) is 23.7 Å². The Balaban J connectivity index is 1.40. The van der Waals surface area contributed by atoms with Crippen molar-refractivity contribution in [2.75, 3.05) is 0 Å². The Morgan fingerprint density at radius 2 is 1.57 bits per heavy atom. The molecule has 0 aliphatic heterocycles. The van der Waals surface area contributed by atoms with E-state index >= 15 is 0 Å². The molecule has 0 aromatic heterocycles. The molecule has 206 valence electrons. The molecule has 0 bridgehead atoms. The lowest BCUT2D eigenvalue weighted by atomic mass is 9.33. The zero-order chi connectivity index (χ0) is 26.8. The Hall–Kier alpha value is -1.16. The largest absolute Gasteiger partial charge is 0.393 e. The van der Waals surface area contributed by atoms with Gasteiger partial charge in [-0.2, -0.15) is 0 Å². The number of aliphatic hydroxyl groups is 1. The summed E-state index contributed by atoms with van der Waals surface area (Å²) >= 11 is 0. The standard InChI is InChI=1S/C33H51NO3/c1-28(2)24-10-13-33(7)26(31(24,5)12-11-25(28)36)23(35)18-21-22-19-30(4,27(37)34-20-8-9-20)15-14-29(22,3)16-17-32(21,33)6/h18,20,22,24-26,36H,8-17,19H2,1-7H3,(H,34,37)/t22-,24?,25-,26?,29+,30-,31-,32+,33+/m0/s1. The van der Waals surface area contributed by atoms with Crippen LogP contribution in [-0.2, 0) is 9.59 Å². The molecule has 0 radical (unpaired) electrons. The van der Waals surface area contributed by atoms with E-state index in [-0.39, 0.29) is 50.4 Å². The van der Waals surface area contributed by atoms with Crippen LogP contribution in [0.25, 0.3) is 0 Å². The molecule has 37 heavy (non-hydrogen) atoms. The van der Waals surface area contributed by atoms with Gasteiger partial charge in [0.2, 0.25) is 5.91 Å². The minimum atomic E-state index is -0.347. The van der Waals surface area contributed by atoms with E-state index in [1.54, 1.807) is 0 Å². The number of hydrogen-bond acceptors (Lipinski definition) is 3. The highest BCUT2D eigenvalue weighted by molar-refractivity contribution is 5.95. The minimum Gasteiger partial charge on any atom is -0.393 e. The summed E-state index contributed by atoms with van der Waals surface area (Å²) in [6, 6.07) is 0.388. The van der Waals surface area contributed by atoms with E-state index in [9.17, 15) is 14.7 Å². The van der Waals surface area contributed by atoms with Crippen molar-refractivity contribution >= 4 is 11.7 Å². The molecule has 4 nitrogen and oxygen atoms in total. The third-order valence-electron chi connectivity index (χ3n) is 14.0. The van der Waals surface area contributed by atoms with Gasteiger partial charge in [0.1, 0.15) is 0 Å². The van der Waals surface area contributed by atoms with Crippen molar-refractivity contribution in [1.29, 1.82) is 0 Å². The number of nitrogens with one attached hydrogen (secondary N) is 1. The van der Waals surface area contributed by atoms with E-state index in [1.165, 1.54) is 12.0 Å². The van der Waals surface area contributed by atoms with Gasteiger partial charge >= 0.3 is 0 Å². The number of amides is 1. The molecule has 0 aromatic rings. The van der Waals surface area contributed by atoms with Gasteiger partial charge in [-0.05, 0) is 116 Å². The molecule has 1 amide bonds. The molecule has 5 saturated carbocycles. The highest BCUT2D eigenvalue weighted by atomic mass is 16.3. The van der Waals surface area contributed by atoms with Gasteiger partial charge in [0, 0.05) is 17.4 Å². The summed E-state index contributed by atoms with van der Waals surface area (Å²) in [6.07, 6.45) is 13.2. The lowest BCUT2D eigenvalue weighted by Crippen LogP contribution is -2.66. The van der Waals surface area contributed by atoms with Crippen LogP contribution in [0.3, 0.4) is 0 Å². The number of hydrogen-bond donors (Lipinski definition) is 2. The van der Waals surface area contributed by atoms with Crippen LogP contribution in [0.1, 0.15) is 119 Å². The summed E-state index contributed by atoms with van der Waals surface area (Å²) in [6.45, 7) is 16.4. The SMILES string of the molecule is CC1(C)C2CC[C@]3(C)C(C(=O)C=C4[C@@H]5C[C@@](C)(C(=O)NC6CC6)CC[C@]5(C)CC[C@]43C)[C@@]2(C)CC[C@@H]1O. The monoisotopic (exact) mass is 509 g/mol. The molecule has 9 atom stereocenters. The van der Waals surface area contributed by atoms with Gasteiger partial charge in [-0.25, -0.2) is 0 Å². The first-order valence-corrected chi connectivity index (χ1v) is 15.4. The molecule has 0 saturated heterocycles. The maximum Gasteiger partial charge on any atom is 0.226 e. The highest BCUT2D eigenvalue weighted by Gasteiger charge is 2.70. The Morgan fingerprint density at radius 3 is 2.24 bits per heavy atom. The maximum absolute atomic E-state index is 14.4. The Bertz CT molecular complexity index is 1060. The van der Waals surface area contributed by atoms with Crippen molar-refractivity contribution in [3.63, 3.8) is 0 Å². The van der Waals surface area contributed by atoms with Crippen LogP contribution in [0.4, 0.5) is 0 Å². The number of rotatable bonds is 2. The number of carbonyl (C=O) groups excluding carboxylic acids is 2. The Morgan fingerprint density at radius 1 is 0.892 bits per heavy atom. The first kappa shape index (κ1) is 26.1. The third-order valence-corrected chi connectivity index (χ3v) is 14.0. The van der Waals surface area contributed by atoms with Crippen molar-refractivity contribution in [3.05, 3.63) is 11.6 Å². The average molecular weight is 510 g/mol. The smallest absolute Gasteiger partial charge is 0.226 e. The minimum absolute atomic E-state index is 0.0109. The topological polar surface area (TPSA) is 66.4 Å². The van der Waals surface area contributed by atoms with Gasteiger partial charge in [-0.3, -0.25) is 9.59 Å². The average Bonchev–Trinajstić information content (AvgIpc) is 3.63. The molecule has 0 heterocycles. The van der Waals surface area contributed by atoms with E-state index < -0.39 is 0 Å². The molecular weight excluding hydrogens is 458 g/mol. The predicted molar refractivity (Wildman–Crippen MR) is 147 cm³/mol. The van der Waals surface area contributed by atoms with Crippen LogP contribution in [0.2, 0.25) is 0 Å². The summed E-state index contributed by atoms with van der Waals surface area (Å²) in [7, 11) is 0. The normalized spacial score (nSPS) is 52.6. The van der Waals surface area contributed by atoms with Crippen molar-refractivity contribution in [2.24, 2.45) is 50.2 Å². The summed E-state index contributed by atoms with van der Waals surface area (Å²) in [5.41, 5.74) is 0.867. The molecule has 5 fully saturated rings. The molecule has 4 heteroatoms. The predicted octanol–water partition coefficient (Wildman–Crippen LogP) is 6.61. The van der Waals surface area contributed by atoms with E-state index in [2.05, 4.69) is 59.9 Å². The van der Waals surface area contributed by atoms with Gasteiger partial charge in [0.15, 0.2) is 5.78 Å². The van der Waals surface area contributed by atoms with E-state index in [0.717, 1.165) is 64.2 Å². The van der Waals surface area contributed by atoms with Crippen LogP contribution in [0, 0.1) is 50.2 Å². The first-order valence-electron chi connectivity index (χ1n) is 15.4. The van der Waals surface area contributed by atoms with Crippen LogP contribution in [-0.4, -0.2) is 28.9 Å². The van der Waals surface area contributed by atoms with Gasteiger partial charge < -0.3 is 10.4 Å². The van der Waals surface area contributed by atoms with Gasteiger partial charge in [-0.15, -0.1) is 0 Å². The summed E-state index contributed by atoms with van der Waals surface area (Å²) in [4.78, 5) is 27.8. The molecular formula is C33H51NO3. The first-order chi connectivity index (χ1) is 17.1. The highest BCUT2D eigenvalue weighted by Crippen LogP contribution is 2.75. The molecule has 2 unspecified atom stereocenters. The second kappa shape index (κ2) is 7.73. The lowest BCUT2D eigenvalue weighted by Gasteiger charge is -2.70. The fourth-order valence-electron chi connectivity index (χ4n) is 11.0. The second-order valence-corrected chi connectivity index (χ2v) is 16.4. The molecule has 0 spiro atoms. The van der Waals surface area contributed by atoms with Gasteiger partial charge in [-0.1, -0.05) is 54.0 Å². The Labute approximate surface area is 224 Å². The molecule has 2 N–H and O–H groups in total. The third kappa shape index (κ3) is 3.35. The van der Waals surface area contributed by atoms with E-state index in [1.807, 2.05) is 0 Å². The molecule has 6 aliphatic carbocycles. The van der Waals surface area contributed by atoms with Crippen molar-refractivity contribution < 1.29 is 14.7 Å². The lowest BCUT2D eigenvalue weighted by molar-refractivity contribution is -0.202. The quantitative estimate of drug-likeness (QED) is 0.440. The van der Waals surface area contributed by atoms with Crippen LogP contribution >= 0.6 is 0 Å². The number of allylic oxidation sites excluding steroid dienone is 2. The number of fused-ring (bicyclic) bond motifs is 7. The summed E-state index contributed by atoms with van der Waals surface area (Å²) in [5.74, 6) is 1.26. The fourth-order valence-corrected chi connectivity index (χ4v) is 11.0. The zero-order valence-electron chi connectivity index (χ0n) is 24.5. The summed E-state index contributed by atoms with van der Waals surface area (Å²) < 4.78 is 0. The van der Waals surface area contributed by atoms with Crippen molar-refractivity contribution in [3.8, 4) is 0 Å². The van der Waals surface area contributed by atoms with Crippen LogP contribution in [0.15, 0.2) is 11.6 Å². The summed E-state index contributed by atoms with van der Waals surface area (Å²) in [5, 5.41) is 14.3. The van der Waals surface area contributed by atoms with E-state index in [4.69, 9.17) is 0 Å². The van der Waals surface area contributed by atoms with Gasteiger partial charge in [0.25, 0.3) is 0 Å². The number of ketones is 1. The second-order valence-electron chi connectivity index (χ2n) is 16.4.